The van der Waals surface area contributed by atoms with Crippen molar-refractivity contribution in [2.45, 2.75) is 25.7 Å². The summed E-state index contributed by atoms with van der Waals surface area (Å²) in [6, 6.07) is 1.59. The molecule has 0 amide bonds. The fraction of sp³-hybridized carbons (Fsp3) is 0.533. The summed E-state index contributed by atoms with van der Waals surface area (Å²) < 4.78 is 32.7. The zero-order valence-electron chi connectivity index (χ0n) is 10.9. The first-order chi connectivity index (χ1) is 9.54. The predicted molar refractivity (Wildman–Crippen MR) is 67.8 cm³/mol. The number of benzene rings is 1. The number of carboxylic acid groups (broad SMARTS) is 1. The molecule has 2 fully saturated rings. The number of hydrogen-bond donors (Lipinski definition) is 1. The summed E-state index contributed by atoms with van der Waals surface area (Å²) >= 11 is 0. The van der Waals surface area contributed by atoms with Gasteiger partial charge in [-0.3, -0.25) is 0 Å². The zero-order chi connectivity index (χ0) is 14.3. The summed E-state index contributed by atoms with van der Waals surface area (Å²) in [5, 5.41) is 8.72. The van der Waals surface area contributed by atoms with E-state index < -0.39 is 28.9 Å². The van der Waals surface area contributed by atoms with Crippen LogP contribution in [-0.4, -0.2) is 17.7 Å². The van der Waals surface area contributed by atoms with Crippen molar-refractivity contribution in [3.05, 3.63) is 29.3 Å². The van der Waals surface area contributed by atoms with Crippen LogP contribution < -0.4 is 4.74 Å². The Kier molecular flexibility index (Phi) is 3.36. The van der Waals surface area contributed by atoms with Crippen LogP contribution in [0.4, 0.5) is 8.78 Å². The van der Waals surface area contributed by atoms with Gasteiger partial charge in [0.25, 0.3) is 0 Å². The first-order valence-corrected chi connectivity index (χ1v) is 6.89. The van der Waals surface area contributed by atoms with E-state index in [0.29, 0.717) is 18.4 Å². The van der Waals surface area contributed by atoms with Crippen molar-refractivity contribution in [1.29, 1.82) is 0 Å². The molecule has 1 aromatic carbocycles. The number of fused-ring (bicyclic) bond motifs is 2. The van der Waals surface area contributed by atoms with Crippen LogP contribution in [0.5, 0.6) is 5.75 Å². The van der Waals surface area contributed by atoms with Gasteiger partial charge in [-0.2, -0.15) is 0 Å². The molecule has 0 spiro atoms. The third-order valence-electron chi connectivity index (χ3n) is 4.57. The van der Waals surface area contributed by atoms with Crippen molar-refractivity contribution in [2.75, 3.05) is 6.61 Å². The van der Waals surface area contributed by atoms with Gasteiger partial charge in [0.15, 0.2) is 17.4 Å². The van der Waals surface area contributed by atoms with Gasteiger partial charge in [-0.15, -0.1) is 0 Å². The quantitative estimate of drug-likeness (QED) is 0.919. The van der Waals surface area contributed by atoms with Crippen LogP contribution in [0, 0.1) is 29.4 Å². The van der Waals surface area contributed by atoms with E-state index in [4.69, 9.17) is 9.84 Å². The van der Waals surface area contributed by atoms with Crippen LogP contribution in [0.2, 0.25) is 0 Å². The molecule has 2 aliphatic rings. The number of aromatic carboxylic acids is 1. The average Bonchev–Trinajstić information content (AvgIpc) is 2.99. The normalized spacial score (nSPS) is 27.8. The molecule has 0 aliphatic heterocycles. The minimum absolute atomic E-state index is 0.307. The second-order valence-corrected chi connectivity index (χ2v) is 5.82. The largest absolute Gasteiger partial charge is 0.487 e. The van der Waals surface area contributed by atoms with Crippen LogP contribution in [0.3, 0.4) is 0 Å². The smallest absolute Gasteiger partial charge is 0.335 e. The van der Waals surface area contributed by atoms with Crippen LogP contribution in [0.15, 0.2) is 12.1 Å². The molecule has 3 atom stereocenters. The molecule has 5 heteroatoms. The summed E-state index contributed by atoms with van der Waals surface area (Å²) in [6.45, 7) is 0.307. The van der Waals surface area contributed by atoms with Crippen molar-refractivity contribution in [1.82, 2.24) is 0 Å². The van der Waals surface area contributed by atoms with E-state index in [1.165, 1.54) is 19.3 Å². The summed E-state index contributed by atoms with van der Waals surface area (Å²) in [5.74, 6) is -2.00. The third-order valence-corrected chi connectivity index (χ3v) is 4.57. The van der Waals surface area contributed by atoms with Gasteiger partial charge >= 0.3 is 5.97 Å². The molecule has 3 unspecified atom stereocenters. The summed E-state index contributed by atoms with van der Waals surface area (Å²) in [4.78, 5) is 10.7. The van der Waals surface area contributed by atoms with Gasteiger partial charge in [0.05, 0.1) is 12.2 Å². The molecular formula is C15H16F2O3. The first-order valence-electron chi connectivity index (χ1n) is 6.89. The maximum Gasteiger partial charge on any atom is 0.335 e. The summed E-state index contributed by atoms with van der Waals surface area (Å²) in [5.41, 5.74) is -0.410. The molecule has 0 saturated heterocycles. The minimum atomic E-state index is -1.36. The lowest BCUT2D eigenvalue weighted by Gasteiger charge is -2.22. The van der Waals surface area contributed by atoms with Gasteiger partial charge in [-0.05, 0) is 49.1 Å². The standard InChI is InChI=1S/C15H16F2O3/c16-12-5-10(15(18)19)6-13(17)14(12)20-7-11-4-8-1-2-9(11)3-8/h5-6,8-9,11H,1-4,7H2,(H,18,19). The van der Waals surface area contributed by atoms with E-state index in [9.17, 15) is 13.6 Å². The molecular weight excluding hydrogens is 266 g/mol. The van der Waals surface area contributed by atoms with Crippen molar-refractivity contribution < 1.29 is 23.4 Å². The zero-order valence-corrected chi connectivity index (χ0v) is 10.9. The maximum absolute atomic E-state index is 13.7. The number of rotatable bonds is 4. The van der Waals surface area contributed by atoms with Crippen molar-refractivity contribution in [3.63, 3.8) is 0 Å². The van der Waals surface area contributed by atoms with Crippen molar-refractivity contribution >= 4 is 5.97 Å². The molecule has 2 aliphatic carbocycles. The van der Waals surface area contributed by atoms with Gasteiger partial charge in [0.1, 0.15) is 0 Å². The Morgan fingerprint density at radius 1 is 1.25 bits per heavy atom. The van der Waals surface area contributed by atoms with E-state index in [1.807, 2.05) is 0 Å². The number of carboxylic acids is 1. The van der Waals surface area contributed by atoms with Gasteiger partial charge < -0.3 is 9.84 Å². The number of halogens is 2. The predicted octanol–water partition coefficient (Wildman–Crippen LogP) is 3.48. The molecule has 3 nitrogen and oxygen atoms in total. The molecule has 1 aromatic rings. The van der Waals surface area contributed by atoms with Gasteiger partial charge in [-0.25, -0.2) is 13.6 Å². The van der Waals surface area contributed by atoms with Gasteiger partial charge in [-0.1, -0.05) is 6.42 Å². The highest BCUT2D eigenvalue weighted by molar-refractivity contribution is 5.87. The topological polar surface area (TPSA) is 46.5 Å². The van der Waals surface area contributed by atoms with E-state index >= 15 is 0 Å². The molecule has 20 heavy (non-hydrogen) atoms. The molecule has 108 valence electrons. The summed E-state index contributed by atoms with van der Waals surface area (Å²) in [7, 11) is 0. The van der Waals surface area contributed by atoms with E-state index in [0.717, 1.165) is 24.5 Å². The van der Waals surface area contributed by atoms with Crippen LogP contribution in [-0.2, 0) is 0 Å². The van der Waals surface area contributed by atoms with Crippen LogP contribution in [0.1, 0.15) is 36.0 Å². The number of carbonyl (C=O) groups is 1. The van der Waals surface area contributed by atoms with Gasteiger partial charge in [0, 0.05) is 0 Å². The fourth-order valence-electron chi connectivity index (χ4n) is 3.59. The number of hydrogen-bond acceptors (Lipinski definition) is 2. The van der Waals surface area contributed by atoms with E-state index in [-0.39, 0.29) is 0 Å². The molecule has 1 N–H and O–H groups in total. The number of ether oxygens (including phenoxy) is 1. The Hall–Kier alpha value is -1.65. The van der Waals surface area contributed by atoms with Crippen molar-refractivity contribution in [3.8, 4) is 5.75 Å². The maximum atomic E-state index is 13.7. The Labute approximate surface area is 115 Å². The highest BCUT2D eigenvalue weighted by atomic mass is 19.1. The second-order valence-electron chi connectivity index (χ2n) is 5.82. The molecule has 3 rings (SSSR count). The lowest BCUT2D eigenvalue weighted by molar-refractivity contribution is 0.0695. The van der Waals surface area contributed by atoms with Crippen LogP contribution in [0.25, 0.3) is 0 Å². The highest BCUT2D eigenvalue weighted by Gasteiger charge is 2.39. The highest BCUT2D eigenvalue weighted by Crippen LogP contribution is 2.48. The Morgan fingerprint density at radius 2 is 1.95 bits per heavy atom. The molecule has 0 aromatic heterocycles. The monoisotopic (exact) mass is 282 g/mol. The Morgan fingerprint density at radius 3 is 2.45 bits per heavy atom. The van der Waals surface area contributed by atoms with Crippen molar-refractivity contribution in [2.24, 2.45) is 17.8 Å². The van der Waals surface area contributed by atoms with E-state index in [2.05, 4.69) is 0 Å². The Bertz CT molecular complexity index is 521. The average molecular weight is 282 g/mol. The fourth-order valence-corrected chi connectivity index (χ4v) is 3.59. The third kappa shape index (κ3) is 2.37. The lowest BCUT2D eigenvalue weighted by atomic mass is 9.89. The van der Waals surface area contributed by atoms with E-state index in [1.54, 1.807) is 0 Å². The minimum Gasteiger partial charge on any atom is -0.487 e. The first kappa shape index (κ1) is 13.3. The van der Waals surface area contributed by atoms with Crippen LogP contribution >= 0.6 is 0 Å². The molecule has 2 bridgehead atoms. The molecule has 0 heterocycles. The van der Waals surface area contributed by atoms with Gasteiger partial charge in [0.2, 0.25) is 0 Å². The SMILES string of the molecule is O=C(O)c1cc(F)c(OCC2CC3CCC2C3)c(F)c1. The second kappa shape index (κ2) is 5.04. The summed E-state index contributed by atoms with van der Waals surface area (Å²) in [6.07, 6.45) is 4.72. The molecule has 2 saturated carbocycles. The lowest BCUT2D eigenvalue weighted by Crippen LogP contribution is -2.19. The Balaban J connectivity index is 1.70. The molecule has 0 radical (unpaired) electrons.